The number of aliphatic hydroxyl groups is 1. The quantitative estimate of drug-likeness (QED) is 0.202. The fourth-order valence-corrected chi connectivity index (χ4v) is 4.54. The lowest BCUT2D eigenvalue weighted by Crippen LogP contribution is -2.48. The van der Waals surface area contributed by atoms with E-state index in [1.807, 2.05) is 80.8 Å². The number of benzene rings is 3. The van der Waals surface area contributed by atoms with Crippen LogP contribution in [0.1, 0.15) is 49.4 Å². The maximum absolute atomic E-state index is 12.9. The van der Waals surface area contributed by atoms with Gasteiger partial charge in [-0.2, -0.15) is 0 Å². The van der Waals surface area contributed by atoms with Crippen molar-refractivity contribution in [3.63, 3.8) is 0 Å². The molecule has 1 radical (unpaired) electrons. The van der Waals surface area contributed by atoms with Crippen LogP contribution in [-0.4, -0.2) is 41.7 Å². The average molecular weight is 579 g/mol. The molecule has 3 amide bonds. The number of nitrogens with one attached hydrogen (secondary N) is 3. The second kappa shape index (κ2) is 16.4. The Morgan fingerprint density at radius 3 is 2.05 bits per heavy atom. The highest BCUT2D eigenvalue weighted by molar-refractivity contribution is 6.30. The van der Waals surface area contributed by atoms with Crippen LogP contribution in [0.4, 0.5) is 9.59 Å². The Bertz CT molecular complexity index is 1230. The van der Waals surface area contributed by atoms with Crippen molar-refractivity contribution in [1.29, 1.82) is 0 Å². The van der Waals surface area contributed by atoms with E-state index in [0.717, 1.165) is 11.1 Å². The van der Waals surface area contributed by atoms with E-state index >= 15 is 0 Å². The van der Waals surface area contributed by atoms with Crippen molar-refractivity contribution in [2.45, 2.75) is 63.9 Å². The van der Waals surface area contributed by atoms with Gasteiger partial charge in [-0.15, -0.1) is 0 Å². The minimum atomic E-state index is -1.08. The van der Waals surface area contributed by atoms with Crippen molar-refractivity contribution in [1.82, 2.24) is 16.0 Å². The number of aliphatic hydroxyl groups excluding tert-OH is 1. The molecule has 0 fully saturated rings. The predicted octanol–water partition coefficient (Wildman–Crippen LogP) is 5.49. The fraction of sp³-hybridized carbons (Fsp3) is 0.344. The van der Waals surface area contributed by atoms with Gasteiger partial charge in [0.1, 0.15) is 6.61 Å². The zero-order chi connectivity index (χ0) is 29.6. The number of carbonyl (C=O) groups excluding carboxylic acids is 3. The summed E-state index contributed by atoms with van der Waals surface area (Å²) in [6.07, 6.45) is 0.957. The molecule has 0 aliphatic rings. The summed E-state index contributed by atoms with van der Waals surface area (Å²) in [5.74, 6) is 0.183. The van der Waals surface area contributed by atoms with Crippen LogP contribution < -0.4 is 16.0 Å². The summed E-state index contributed by atoms with van der Waals surface area (Å²) in [4.78, 5) is 37.0. The van der Waals surface area contributed by atoms with Crippen LogP contribution in [0, 0.1) is 5.92 Å². The highest BCUT2D eigenvalue weighted by Crippen LogP contribution is 2.23. The summed E-state index contributed by atoms with van der Waals surface area (Å²) in [6, 6.07) is 22.9. The van der Waals surface area contributed by atoms with E-state index < -0.39 is 36.4 Å². The van der Waals surface area contributed by atoms with Crippen LogP contribution in [0.15, 0.2) is 84.9 Å². The number of amides is 3. The van der Waals surface area contributed by atoms with Crippen molar-refractivity contribution < 1.29 is 24.2 Å². The first-order chi connectivity index (χ1) is 19.7. The standard InChI is InChI=1S/C32H37ClN3O5/c1-22(2)17-27(20-37)34-31(39)35-28(25-13-15-26(33)16-14-25)19-30(38)29(18-23-9-5-3-6-10-23)36-32(40)41-21-24-11-7-4-8-12-24/h3-16,22,27-30,38H,17-19,21H2,1-2H3,(H,36,40)(H2,34,35,39)/t27-,28?,29?,30?/m0/s1. The number of ether oxygens (including phenoxy) is 1. The first-order valence-corrected chi connectivity index (χ1v) is 14.0. The topological polar surface area (TPSA) is 117 Å². The SMILES string of the molecule is CC(C)C[C@@H]([C]=O)NC(=O)NC(CC(O)C(Cc1ccccc1)NC(=O)OCc1ccccc1)c1ccc(Cl)cc1. The molecule has 0 saturated heterocycles. The number of carbonyl (C=O) groups is 2. The molecule has 0 spiro atoms. The highest BCUT2D eigenvalue weighted by Gasteiger charge is 2.28. The van der Waals surface area contributed by atoms with Crippen molar-refractivity contribution in [3.05, 3.63) is 107 Å². The van der Waals surface area contributed by atoms with Gasteiger partial charge in [-0.05, 0) is 54.0 Å². The van der Waals surface area contributed by atoms with Crippen LogP contribution in [0.3, 0.4) is 0 Å². The molecule has 0 aromatic heterocycles. The minimum Gasteiger partial charge on any atom is -0.445 e. The van der Waals surface area contributed by atoms with Gasteiger partial charge in [-0.25, -0.2) is 9.59 Å². The Morgan fingerprint density at radius 1 is 0.854 bits per heavy atom. The van der Waals surface area contributed by atoms with Crippen LogP contribution in [-0.2, 0) is 22.6 Å². The molecule has 0 saturated carbocycles. The third kappa shape index (κ3) is 11.3. The molecule has 3 unspecified atom stereocenters. The monoisotopic (exact) mass is 578 g/mol. The zero-order valence-corrected chi connectivity index (χ0v) is 24.0. The average Bonchev–Trinajstić information content (AvgIpc) is 2.96. The highest BCUT2D eigenvalue weighted by atomic mass is 35.5. The van der Waals surface area contributed by atoms with E-state index in [1.165, 1.54) is 0 Å². The number of alkyl carbamates (subject to hydrolysis) is 1. The summed E-state index contributed by atoms with van der Waals surface area (Å²) in [7, 11) is 0. The van der Waals surface area contributed by atoms with Gasteiger partial charge in [0.2, 0.25) is 6.29 Å². The van der Waals surface area contributed by atoms with Crippen LogP contribution in [0.25, 0.3) is 0 Å². The molecular weight excluding hydrogens is 542 g/mol. The van der Waals surface area contributed by atoms with Gasteiger partial charge in [0.05, 0.1) is 24.2 Å². The lowest BCUT2D eigenvalue weighted by Gasteiger charge is -2.29. The van der Waals surface area contributed by atoms with E-state index in [-0.39, 0.29) is 18.9 Å². The van der Waals surface area contributed by atoms with Crippen molar-refractivity contribution in [2.75, 3.05) is 0 Å². The van der Waals surface area contributed by atoms with Crippen LogP contribution in [0.2, 0.25) is 5.02 Å². The molecule has 9 heteroatoms. The third-order valence-electron chi connectivity index (χ3n) is 6.49. The molecule has 4 atom stereocenters. The molecule has 41 heavy (non-hydrogen) atoms. The van der Waals surface area contributed by atoms with E-state index in [0.29, 0.717) is 23.4 Å². The molecule has 217 valence electrons. The van der Waals surface area contributed by atoms with E-state index in [2.05, 4.69) is 16.0 Å². The van der Waals surface area contributed by atoms with Gasteiger partial charge in [-0.1, -0.05) is 98.2 Å². The molecule has 0 aliphatic carbocycles. The smallest absolute Gasteiger partial charge is 0.407 e. The summed E-state index contributed by atoms with van der Waals surface area (Å²) in [5, 5.41) is 20.3. The van der Waals surface area contributed by atoms with Gasteiger partial charge in [0.25, 0.3) is 0 Å². The first kappa shape index (κ1) is 31.6. The largest absolute Gasteiger partial charge is 0.445 e. The molecule has 0 aliphatic heterocycles. The van der Waals surface area contributed by atoms with Gasteiger partial charge in [0, 0.05) is 5.02 Å². The van der Waals surface area contributed by atoms with Crippen molar-refractivity contribution in [3.8, 4) is 0 Å². The Hall–Kier alpha value is -3.88. The Kier molecular flexibility index (Phi) is 12.7. The Morgan fingerprint density at radius 2 is 1.46 bits per heavy atom. The fourth-order valence-electron chi connectivity index (χ4n) is 4.41. The summed E-state index contributed by atoms with van der Waals surface area (Å²) in [5.41, 5.74) is 2.44. The molecule has 3 rings (SSSR count). The summed E-state index contributed by atoms with van der Waals surface area (Å²) in [6.45, 7) is 3.98. The zero-order valence-electron chi connectivity index (χ0n) is 23.3. The third-order valence-corrected chi connectivity index (χ3v) is 6.74. The first-order valence-electron chi connectivity index (χ1n) is 13.6. The Balaban J connectivity index is 1.76. The van der Waals surface area contributed by atoms with Crippen LogP contribution >= 0.6 is 11.6 Å². The minimum absolute atomic E-state index is 0.0607. The number of hydrogen-bond acceptors (Lipinski definition) is 5. The van der Waals surface area contributed by atoms with Crippen LogP contribution in [0.5, 0.6) is 0 Å². The molecule has 3 aromatic carbocycles. The van der Waals surface area contributed by atoms with Gasteiger partial charge in [-0.3, -0.25) is 4.79 Å². The van der Waals surface area contributed by atoms with Gasteiger partial charge < -0.3 is 25.8 Å². The van der Waals surface area contributed by atoms with Gasteiger partial charge in [0.15, 0.2) is 0 Å². The lowest BCUT2D eigenvalue weighted by molar-refractivity contribution is 0.0898. The number of urea groups is 1. The van der Waals surface area contributed by atoms with E-state index in [1.54, 1.807) is 24.3 Å². The predicted molar refractivity (Wildman–Crippen MR) is 159 cm³/mol. The molecule has 4 N–H and O–H groups in total. The maximum atomic E-state index is 12.9. The molecular formula is C32H37ClN3O5. The summed E-state index contributed by atoms with van der Waals surface area (Å²) >= 11 is 6.08. The van der Waals surface area contributed by atoms with E-state index in [4.69, 9.17) is 16.3 Å². The maximum Gasteiger partial charge on any atom is 0.407 e. The van der Waals surface area contributed by atoms with E-state index in [9.17, 15) is 19.5 Å². The molecule has 8 nitrogen and oxygen atoms in total. The molecule has 0 bridgehead atoms. The second-order valence-electron chi connectivity index (χ2n) is 10.3. The Labute approximate surface area is 246 Å². The van der Waals surface area contributed by atoms with Gasteiger partial charge >= 0.3 is 12.1 Å². The normalized spacial score (nSPS) is 13.9. The second-order valence-corrected chi connectivity index (χ2v) is 10.8. The number of hydrogen-bond donors (Lipinski definition) is 4. The number of rotatable bonds is 14. The molecule has 0 heterocycles. The lowest BCUT2D eigenvalue weighted by atomic mass is 9.93. The summed E-state index contributed by atoms with van der Waals surface area (Å²) < 4.78 is 5.41. The number of halogens is 1. The van der Waals surface area contributed by atoms with Crippen molar-refractivity contribution in [2.24, 2.45) is 5.92 Å². The molecule has 3 aromatic rings. The van der Waals surface area contributed by atoms with Crippen molar-refractivity contribution >= 4 is 30.0 Å².